The highest BCUT2D eigenvalue weighted by molar-refractivity contribution is 8.03. The van der Waals surface area contributed by atoms with Crippen molar-refractivity contribution >= 4 is 50.1 Å². The first-order valence-corrected chi connectivity index (χ1v) is 11.1. The van der Waals surface area contributed by atoms with Crippen LogP contribution in [0.1, 0.15) is 0 Å². The molecule has 0 saturated carbocycles. The molecule has 148 valence electrons. The zero-order valence-electron chi connectivity index (χ0n) is 15.5. The largest absolute Gasteiger partial charge is 0.337 e. The number of hydrogen-bond acceptors (Lipinski definition) is 7. The van der Waals surface area contributed by atoms with Gasteiger partial charge in [-0.05, 0) is 60.3 Å². The van der Waals surface area contributed by atoms with Gasteiger partial charge in [0.15, 0.2) is 11.6 Å². The third-order valence-electron chi connectivity index (χ3n) is 4.14. The third-order valence-corrected chi connectivity index (χ3v) is 6.09. The second kappa shape index (κ2) is 8.41. The number of nitriles is 1. The van der Waals surface area contributed by atoms with E-state index in [1.54, 1.807) is 54.6 Å². The number of nitrogens with zero attached hydrogens (tertiary/aromatic N) is 3. The lowest BCUT2D eigenvalue weighted by Crippen LogP contribution is -2.16. The van der Waals surface area contributed by atoms with Crippen LogP contribution in [0, 0.1) is 10.7 Å². The molecule has 0 bridgehead atoms. The lowest BCUT2D eigenvalue weighted by molar-refractivity contribution is 0.601. The van der Waals surface area contributed by atoms with Crippen LogP contribution in [-0.2, 0) is 10.0 Å². The van der Waals surface area contributed by atoms with Gasteiger partial charge in [-0.1, -0.05) is 30.3 Å². The maximum Gasteiger partial charge on any atom is 0.263 e. The van der Waals surface area contributed by atoms with E-state index in [4.69, 9.17) is 5.26 Å². The van der Waals surface area contributed by atoms with Crippen LogP contribution < -0.4 is 10.0 Å². The van der Waals surface area contributed by atoms with E-state index in [9.17, 15) is 8.42 Å². The summed E-state index contributed by atoms with van der Waals surface area (Å²) in [5.74, 6) is 0.363. The van der Waals surface area contributed by atoms with Gasteiger partial charge in [0, 0.05) is 10.6 Å². The van der Waals surface area contributed by atoms with Gasteiger partial charge in [-0.25, -0.2) is 18.4 Å². The van der Waals surface area contributed by atoms with Crippen LogP contribution in [0.3, 0.4) is 0 Å². The Bertz CT molecular complexity index is 1340. The topological polar surface area (TPSA) is 108 Å². The Labute approximate surface area is 177 Å². The van der Waals surface area contributed by atoms with E-state index >= 15 is 0 Å². The van der Waals surface area contributed by atoms with Crippen LogP contribution in [0.2, 0.25) is 0 Å². The molecule has 30 heavy (non-hydrogen) atoms. The number of thioether (sulfide) groups is 1. The second-order valence-corrected chi connectivity index (χ2v) is 8.71. The summed E-state index contributed by atoms with van der Waals surface area (Å²) in [5.41, 5.74) is 1.87. The zero-order valence-corrected chi connectivity index (χ0v) is 17.1. The van der Waals surface area contributed by atoms with Crippen LogP contribution in [0.4, 0.5) is 17.3 Å². The Morgan fingerprint density at radius 2 is 1.40 bits per heavy atom. The molecule has 1 aromatic heterocycles. The van der Waals surface area contributed by atoms with Crippen molar-refractivity contribution in [3.8, 4) is 5.40 Å². The van der Waals surface area contributed by atoms with Crippen molar-refractivity contribution in [2.75, 3.05) is 10.0 Å². The lowest BCUT2D eigenvalue weighted by Gasteiger charge is -2.14. The Balaban J connectivity index is 1.73. The fourth-order valence-corrected chi connectivity index (χ4v) is 4.15. The van der Waals surface area contributed by atoms with E-state index in [0.717, 1.165) is 16.7 Å². The van der Waals surface area contributed by atoms with Gasteiger partial charge in [-0.2, -0.15) is 5.26 Å². The zero-order chi connectivity index (χ0) is 21.0. The number of anilines is 3. The number of fused-ring (bicyclic) bond motifs is 1. The number of thiocyanates is 1. The standard InChI is InChI=1S/C21H15N5O2S2/c22-14-29-16-12-10-15(11-13-16)23-20-21(25-19-9-5-4-8-18(19)24-20)26-30(27,28)17-6-2-1-3-7-17/h1-13H,(H,23,24)(H,25,26). The van der Waals surface area contributed by atoms with Crippen molar-refractivity contribution in [3.05, 3.63) is 78.9 Å². The molecule has 0 aliphatic heterocycles. The van der Waals surface area contributed by atoms with Gasteiger partial charge in [0.05, 0.1) is 15.9 Å². The van der Waals surface area contributed by atoms with Gasteiger partial charge in [0.1, 0.15) is 5.40 Å². The van der Waals surface area contributed by atoms with Crippen LogP contribution in [0.5, 0.6) is 0 Å². The normalized spacial score (nSPS) is 11.0. The molecule has 9 heteroatoms. The van der Waals surface area contributed by atoms with Crippen molar-refractivity contribution in [3.63, 3.8) is 0 Å². The van der Waals surface area contributed by atoms with Crippen molar-refractivity contribution < 1.29 is 8.42 Å². The predicted molar refractivity (Wildman–Crippen MR) is 118 cm³/mol. The number of nitrogens with one attached hydrogen (secondary N) is 2. The van der Waals surface area contributed by atoms with E-state index in [-0.39, 0.29) is 16.5 Å². The molecule has 7 nitrogen and oxygen atoms in total. The molecule has 2 N–H and O–H groups in total. The molecule has 0 radical (unpaired) electrons. The molecular formula is C21H15N5O2S2. The molecule has 0 saturated heterocycles. The molecule has 4 rings (SSSR count). The summed E-state index contributed by atoms with van der Waals surface area (Å²) in [6, 6.07) is 22.4. The third kappa shape index (κ3) is 4.35. The maximum absolute atomic E-state index is 12.8. The summed E-state index contributed by atoms with van der Waals surface area (Å²) in [6.07, 6.45) is 0. The van der Waals surface area contributed by atoms with Crippen LogP contribution in [-0.4, -0.2) is 18.4 Å². The molecular weight excluding hydrogens is 418 g/mol. The molecule has 1 heterocycles. The molecule has 0 amide bonds. The van der Waals surface area contributed by atoms with Gasteiger partial charge in [0.2, 0.25) is 0 Å². The number of aromatic nitrogens is 2. The van der Waals surface area contributed by atoms with E-state index in [1.165, 1.54) is 12.1 Å². The minimum absolute atomic E-state index is 0.0908. The smallest absolute Gasteiger partial charge is 0.263 e. The highest BCUT2D eigenvalue weighted by Crippen LogP contribution is 2.28. The monoisotopic (exact) mass is 433 g/mol. The molecule has 4 aromatic rings. The first-order valence-electron chi connectivity index (χ1n) is 8.83. The average Bonchev–Trinajstić information content (AvgIpc) is 2.76. The van der Waals surface area contributed by atoms with Crippen LogP contribution >= 0.6 is 11.8 Å². The quantitative estimate of drug-likeness (QED) is 0.334. The molecule has 3 aromatic carbocycles. The van der Waals surface area contributed by atoms with Gasteiger partial charge in [0.25, 0.3) is 10.0 Å². The molecule has 0 aliphatic rings. The summed E-state index contributed by atoms with van der Waals surface area (Å²) in [5, 5.41) is 13.9. The van der Waals surface area contributed by atoms with Gasteiger partial charge < -0.3 is 5.32 Å². The van der Waals surface area contributed by atoms with Crippen LogP contribution in [0.25, 0.3) is 11.0 Å². The van der Waals surface area contributed by atoms with Gasteiger partial charge in [-0.3, -0.25) is 4.72 Å². The number of para-hydroxylation sites is 2. The van der Waals surface area contributed by atoms with E-state index < -0.39 is 10.0 Å². The fourth-order valence-electron chi connectivity index (χ4n) is 2.74. The highest BCUT2D eigenvalue weighted by Gasteiger charge is 2.18. The first kappa shape index (κ1) is 19.7. The summed E-state index contributed by atoms with van der Waals surface area (Å²) in [6.45, 7) is 0. The second-order valence-electron chi connectivity index (χ2n) is 6.17. The van der Waals surface area contributed by atoms with Crippen molar-refractivity contribution in [1.29, 1.82) is 5.26 Å². The Hall–Kier alpha value is -3.61. The minimum Gasteiger partial charge on any atom is -0.337 e. The van der Waals surface area contributed by atoms with E-state index in [2.05, 4.69) is 20.0 Å². The lowest BCUT2D eigenvalue weighted by atomic mass is 10.3. The molecule has 0 fully saturated rings. The molecule has 0 unspecified atom stereocenters. The number of hydrogen-bond donors (Lipinski definition) is 2. The molecule has 0 spiro atoms. The number of benzene rings is 3. The minimum atomic E-state index is -3.84. The van der Waals surface area contributed by atoms with Crippen LogP contribution in [0.15, 0.2) is 88.7 Å². The first-order chi connectivity index (χ1) is 14.5. The molecule has 0 aliphatic carbocycles. The average molecular weight is 434 g/mol. The van der Waals surface area contributed by atoms with Crippen molar-refractivity contribution in [1.82, 2.24) is 9.97 Å². The molecule has 0 atom stereocenters. The number of rotatable bonds is 6. The SMILES string of the molecule is N#CSc1ccc(Nc2nc3ccccc3nc2NS(=O)(=O)c2ccccc2)cc1. The summed E-state index contributed by atoms with van der Waals surface area (Å²) < 4.78 is 28.2. The fraction of sp³-hybridized carbons (Fsp3) is 0. The highest BCUT2D eigenvalue weighted by atomic mass is 32.2. The maximum atomic E-state index is 12.8. The Morgan fingerprint density at radius 1 is 0.800 bits per heavy atom. The Kier molecular flexibility index (Phi) is 5.52. The van der Waals surface area contributed by atoms with Crippen molar-refractivity contribution in [2.45, 2.75) is 9.79 Å². The summed E-state index contributed by atoms with van der Waals surface area (Å²) >= 11 is 1.06. The van der Waals surface area contributed by atoms with E-state index in [1.807, 2.05) is 17.5 Å². The van der Waals surface area contributed by atoms with Gasteiger partial charge in [-0.15, -0.1) is 0 Å². The Morgan fingerprint density at radius 3 is 2.03 bits per heavy atom. The summed E-state index contributed by atoms with van der Waals surface area (Å²) in [7, 11) is -3.84. The van der Waals surface area contributed by atoms with Gasteiger partial charge >= 0.3 is 0 Å². The predicted octanol–water partition coefficient (Wildman–Crippen LogP) is 4.75. The van der Waals surface area contributed by atoms with Crippen molar-refractivity contribution in [2.24, 2.45) is 0 Å². The van der Waals surface area contributed by atoms with E-state index in [0.29, 0.717) is 16.7 Å². The summed E-state index contributed by atoms with van der Waals surface area (Å²) in [4.78, 5) is 9.95. The number of sulfonamides is 1.